The molecule has 0 unspecified atom stereocenters. The number of benzene rings is 1. The van der Waals surface area contributed by atoms with Crippen LogP contribution in [0.15, 0.2) is 48.7 Å². The van der Waals surface area contributed by atoms with Gasteiger partial charge in [-0.05, 0) is 31.2 Å². The first kappa shape index (κ1) is 13.5. The van der Waals surface area contributed by atoms with Gasteiger partial charge in [-0.25, -0.2) is 4.98 Å². The van der Waals surface area contributed by atoms with Crippen molar-refractivity contribution in [3.8, 4) is 0 Å². The third-order valence-electron chi connectivity index (χ3n) is 3.19. The summed E-state index contributed by atoms with van der Waals surface area (Å²) >= 11 is 5.06. The Kier molecular flexibility index (Phi) is 3.50. The van der Waals surface area contributed by atoms with Crippen LogP contribution in [0.25, 0.3) is 10.9 Å². The number of thiocarbonyl (C=S) groups is 1. The number of anilines is 2. The molecule has 0 bridgehead atoms. The van der Waals surface area contributed by atoms with Crippen LogP contribution in [0.5, 0.6) is 0 Å². The minimum absolute atomic E-state index is 0.315. The summed E-state index contributed by atoms with van der Waals surface area (Å²) in [5.74, 6) is 0.640. The van der Waals surface area contributed by atoms with Crippen LogP contribution in [0.4, 0.5) is 11.5 Å². The molecule has 0 amide bonds. The Morgan fingerprint density at radius 1 is 1.14 bits per heavy atom. The summed E-state index contributed by atoms with van der Waals surface area (Å²) < 4.78 is 0. The highest BCUT2D eigenvalue weighted by molar-refractivity contribution is 7.80. The number of hydrogen-bond donors (Lipinski definition) is 2. The number of hydrogen-bond acceptors (Lipinski definition) is 4. The van der Waals surface area contributed by atoms with Crippen molar-refractivity contribution in [1.29, 1.82) is 0 Å². The highest BCUT2D eigenvalue weighted by Crippen LogP contribution is 2.25. The average molecular weight is 294 g/mol. The van der Waals surface area contributed by atoms with Gasteiger partial charge >= 0.3 is 0 Å². The Balaban J connectivity index is 2.11. The molecule has 0 fully saturated rings. The number of rotatable bonds is 3. The zero-order chi connectivity index (χ0) is 14.8. The number of fused-ring (bicyclic) bond motifs is 1. The molecule has 2 heterocycles. The van der Waals surface area contributed by atoms with Gasteiger partial charge in [0.2, 0.25) is 0 Å². The molecule has 4 nitrogen and oxygen atoms in total. The quantitative estimate of drug-likeness (QED) is 0.726. The first-order valence-electron chi connectivity index (χ1n) is 6.53. The van der Waals surface area contributed by atoms with Gasteiger partial charge in [-0.3, -0.25) is 4.98 Å². The van der Waals surface area contributed by atoms with Crippen LogP contribution in [0.1, 0.15) is 11.3 Å². The summed E-state index contributed by atoms with van der Waals surface area (Å²) in [4.78, 5) is 9.22. The van der Waals surface area contributed by atoms with E-state index in [1.54, 1.807) is 6.20 Å². The molecule has 0 saturated heterocycles. The third kappa shape index (κ3) is 2.68. The first-order valence-corrected chi connectivity index (χ1v) is 6.94. The largest absolute Gasteiger partial charge is 0.389 e. The topological polar surface area (TPSA) is 63.8 Å². The minimum Gasteiger partial charge on any atom is -0.389 e. The van der Waals surface area contributed by atoms with Gasteiger partial charge in [-0.15, -0.1) is 0 Å². The molecule has 1 aromatic carbocycles. The van der Waals surface area contributed by atoms with E-state index in [-0.39, 0.29) is 0 Å². The van der Waals surface area contributed by atoms with Gasteiger partial charge in [0.25, 0.3) is 0 Å². The number of nitrogens with zero attached hydrogens (tertiary/aromatic N) is 2. The predicted molar refractivity (Wildman–Crippen MR) is 89.9 cm³/mol. The lowest BCUT2D eigenvalue weighted by Crippen LogP contribution is -2.12. The normalized spacial score (nSPS) is 10.5. The number of aromatic nitrogens is 2. The molecule has 0 radical (unpaired) electrons. The maximum atomic E-state index is 5.74. The molecule has 104 valence electrons. The lowest BCUT2D eigenvalue weighted by molar-refractivity contribution is 1.25. The molecule has 0 aliphatic carbocycles. The summed E-state index contributed by atoms with van der Waals surface area (Å²) in [7, 11) is 0. The van der Waals surface area contributed by atoms with E-state index in [1.807, 2.05) is 43.3 Å². The molecule has 3 aromatic rings. The Bertz CT molecular complexity index is 829. The maximum absolute atomic E-state index is 5.74. The number of aryl methyl sites for hydroxylation is 1. The summed E-state index contributed by atoms with van der Waals surface area (Å²) in [5, 5.41) is 4.35. The molecule has 0 spiro atoms. The molecular formula is C16H14N4S. The van der Waals surface area contributed by atoms with Crippen molar-refractivity contribution in [2.75, 3.05) is 5.32 Å². The second-order valence-electron chi connectivity index (χ2n) is 4.72. The molecule has 0 aliphatic rings. The molecule has 3 N–H and O–H groups in total. The van der Waals surface area contributed by atoms with Crippen LogP contribution in [-0.4, -0.2) is 15.0 Å². The zero-order valence-corrected chi connectivity index (χ0v) is 12.3. The Labute approximate surface area is 128 Å². The summed E-state index contributed by atoms with van der Waals surface area (Å²) in [6, 6.07) is 13.7. The Morgan fingerprint density at radius 2 is 2.00 bits per heavy atom. The zero-order valence-electron chi connectivity index (χ0n) is 11.5. The van der Waals surface area contributed by atoms with Crippen molar-refractivity contribution in [2.24, 2.45) is 5.73 Å². The fraction of sp³-hybridized carbons (Fsp3) is 0.0625. The minimum atomic E-state index is 0.315. The van der Waals surface area contributed by atoms with E-state index in [0.29, 0.717) is 10.8 Å². The van der Waals surface area contributed by atoms with Crippen molar-refractivity contribution >= 4 is 39.6 Å². The molecule has 2 aromatic heterocycles. The smallest absolute Gasteiger partial charge is 0.140 e. The van der Waals surface area contributed by atoms with Crippen LogP contribution in [0.2, 0.25) is 0 Å². The van der Waals surface area contributed by atoms with Crippen molar-refractivity contribution in [2.45, 2.75) is 6.92 Å². The second kappa shape index (κ2) is 5.46. The van der Waals surface area contributed by atoms with E-state index in [9.17, 15) is 0 Å². The number of pyridine rings is 2. The van der Waals surface area contributed by atoms with Crippen molar-refractivity contribution in [1.82, 2.24) is 9.97 Å². The van der Waals surface area contributed by atoms with E-state index in [0.717, 1.165) is 27.8 Å². The SMILES string of the molecule is Cc1ccc2cccc(Nc3ncccc3C(N)=S)c2n1. The van der Waals surface area contributed by atoms with Crippen molar-refractivity contribution in [3.63, 3.8) is 0 Å². The van der Waals surface area contributed by atoms with E-state index < -0.39 is 0 Å². The van der Waals surface area contributed by atoms with E-state index in [4.69, 9.17) is 18.0 Å². The van der Waals surface area contributed by atoms with Gasteiger partial charge < -0.3 is 11.1 Å². The fourth-order valence-electron chi connectivity index (χ4n) is 2.18. The van der Waals surface area contributed by atoms with Gasteiger partial charge in [0.15, 0.2) is 0 Å². The van der Waals surface area contributed by atoms with Crippen LogP contribution in [0.3, 0.4) is 0 Å². The first-order chi connectivity index (χ1) is 10.1. The van der Waals surface area contributed by atoms with Gasteiger partial charge in [-0.2, -0.15) is 0 Å². The number of para-hydroxylation sites is 1. The number of nitrogens with one attached hydrogen (secondary N) is 1. The molecule has 3 rings (SSSR count). The van der Waals surface area contributed by atoms with Gasteiger partial charge in [0, 0.05) is 17.3 Å². The standard InChI is InChI=1S/C16H14N4S/c1-10-7-8-11-4-2-6-13(14(11)19-10)20-16-12(15(17)21)5-3-9-18-16/h2-9H,1H3,(H2,17,21)(H,18,20). The molecular weight excluding hydrogens is 280 g/mol. The fourth-order valence-corrected chi connectivity index (χ4v) is 2.34. The average Bonchev–Trinajstić information content (AvgIpc) is 2.48. The van der Waals surface area contributed by atoms with Gasteiger partial charge in [0.05, 0.1) is 16.8 Å². The van der Waals surface area contributed by atoms with Gasteiger partial charge in [0.1, 0.15) is 10.8 Å². The van der Waals surface area contributed by atoms with Crippen LogP contribution in [-0.2, 0) is 0 Å². The highest BCUT2D eigenvalue weighted by atomic mass is 32.1. The van der Waals surface area contributed by atoms with Crippen LogP contribution >= 0.6 is 12.2 Å². The molecule has 0 aliphatic heterocycles. The van der Waals surface area contributed by atoms with Gasteiger partial charge in [-0.1, -0.05) is 30.4 Å². The van der Waals surface area contributed by atoms with E-state index >= 15 is 0 Å². The summed E-state index contributed by atoms with van der Waals surface area (Å²) in [6.45, 7) is 1.97. The van der Waals surface area contributed by atoms with Crippen LogP contribution < -0.4 is 11.1 Å². The van der Waals surface area contributed by atoms with E-state index in [1.165, 1.54) is 0 Å². The lowest BCUT2D eigenvalue weighted by atomic mass is 10.1. The predicted octanol–water partition coefficient (Wildman–Crippen LogP) is 3.32. The Morgan fingerprint density at radius 3 is 2.81 bits per heavy atom. The number of nitrogens with two attached hydrogens (primary N) is 1. The van der Waals surface area contributed by atoms with Crippen molar-refractivity contribution in [3.05, 3.63) is 59.9 Å². The molecule has 5 heteroatoms. The molecule has 21 heavy (non-hydrogen) atoms. The molecule has 0 atom stereocenters. The van der Waals surface area contributed by atoms with Crippen LogP contribution in [0, 0.1) is 6.92 Å². The Hall–Kier alpha value is -2.53. The monoisotopic (exact) mass is 294 g/mol. The summed E-state index contributed by atoms with van der Waals surface area (Å²) in [5.41, 5.74) is 9.21. The third-order valence-corrected chi connectivity index (χ3v) is 3.41. The maximum Gasteiger partial charge on any atom is 0.140 e. The second-order valence-corrected chi connectivity index (χ2v) is 5.16. The van der Waals surface area contributed by atoms with Crippen molar-refractivity contribution < 1.29 is 0 Å². The summed E-state index contributed by atoms with van der Waals surface area (Å²) in [6.07, 6.45) is 1.70. The highest BCUT2D eigenvalue weighted by Gasteiger charge is 2.09. The van der Waals surface area contributed by atoms with E-state index in [2.05, 4.69) is 21.4 Å². The molecule has 0 saturated carbocycles. The lowest BCUT2D eigenvalue weighted by Gasteiger charge is -2.12.